The Labute approximate surface area is 140 Å². The maximum absolute atomic E-state index is 12.1. The summed E-state index contributed by atoms with van der Waals surface area (Å²) in [6.45, 7) is 0. The molecule has 1 fully saturated rings. The zero-order valence-corrected chi connectivity index (χ0v) is 14.1. The number of nitrogens with one attached hydrogen (secondary N) is 4. The number of nitrogens with two attached hydrogens (primary N) is 2. The highest BCUT2D eigenvalue weighted by Gasteiger charge is 2.29. The van der Waals surface area contributed by atoms with Gasteiger partial charge in [-0.25, -0.2) is 29.4 Å². The quantitative estimate of drug-likeness (QED) is 0.417. The lowest BCUT2D eigenvalue weighted by molar-refractivity contribution is 0.540. The molecule has 8 N–H and O–H groups in total. The lowest BCUT2D eigenvalue weighted by atomic mass is 9.99. The van der Waals surface area contributed by atoms with Crippen molar-refractivity contribution in [3.05, 3.63) is 40.5 Å². The molecule has 11 heteroatoms. The minimum atomic E-state index is -3.97. The van der Waals surface area contributed by atoms with Crippen LogP contribution in [0.25, 0.3) is 11.1 Å². The average molecular weight is 400 g/mol. The fourth-order valence-electron chi connectivity index (χ4n) is 2.36. The third-order valence-corrected chi connectivity index (χ3v) is 5.25. The zero-order chi connectivity index (χ0) is 16.6. The van der Waals surface area contributed by atoms with Gasteiger partial charge in [0.15, 0.2) is 0 Å². The largest absolute Gasteiger partial charge is 0.384 e. The van der Waals surface area contributed by atoms with Gasteiger partial charge in [0.05, 0.1) is 0 Å². The van der Waals surface area contributed by atoms with Crippen LogP contribution < -0.4 is 32.8 Å². The molecule has 0 unspecified atom stereocenters. The highest BCUT2D eigenvalue weighted by Crippen LogP contribution is 2.36. The lowest BCUT2D eigenvalue weighted by Crippen LogP contribution is -2.33. The monoisotopic (exact) mass is 399 g/mol. The maximum Gasteiger partial charge on any atom is 0.239 e. The number of pyridine rings is 1. The van der Waals surface area contributed by atoms with Crippen molar-refractivity contribution in [3.63, 3.8) is 0 Å². The zero-order valence-electron chi connectivity index (χ0n) is 11.7. The minimum absolute atomic E-state index is 0.0117. The lowest BCUT2D eigenvalue weighted by Gasteiger charge is -2.19. The van der Waals surface area contributed by atoms with Crippen LogP contribution in [0.5, 0.6) is 0 Å². The minimum Gasteiger partial charge on any atom is -0.384 e. The number of hydrazine groups is 3. The first-order chi connectivity index (χ1) is 10.9. The number of nitrogen functional groups attached to an aromatic ring is 1. The summed E-state index contributed by atoms with van der Waals surface area (Å²) in [5.41, 5.74) is 18.5. The molecule has 0 atom stereocenters. The van der Waals surface area contributed by atoms with Gasteiger partial charge in [0.2, 0.25) is 10.0 Å². The van der Waals surface area contributed by atoms with E-state index in [-0.39, 0.29) is 4.90 Å². The third-order valence-electron chi connectivity index (χ3n) is 3.31. The molecule has 2 aromatic rings. The molecule has 0 radical (unpaired) electrons. The predicted octanol–water partition coefficient (Wildman–Crippen LogP) is -0.144. The topological polar surface area (TPSA) is 147 Å². The van der Waals surface area contributed by atoms with Gasteiger partial charge in [-0.1, -0.05) is 6.07 Å². The summed E-state index contributed by atoms with van der Waals surface area (Å²) in [4.78, 5) is 4.04. The summed E-state index contributed by atoms with van der Waals surface area (Å²) in [6.07, 6.45) is 1.04. The van der Waals surface area contributed by atoms with Gasteiger partial charge in [-0.3, -0.25) is 0 Å². The number of aromatic nitrogens is 1. The number of nitrogens with zero attached hydrogens (tertiary/aromatic N) is 1. The normalized spacial score (nSPS) is 15.9. The second kappa shape index (κ2) is 6.13. The first-order valence-corrected chi connectivity index (χ1v) is 8.80. The number of hydrogen-bond donors (Lipinski definition) is 6. The molecule has 9 nitrogen and oxygen atoms in total. The number of rotatable bonds is 3. The Morgan fingerprint density at radius 3 is 2.39 bits per heavy atom. The smallest absolute Gasteiger partial charge is 0.239 e. The predicted molar refractivity (Wildman–Crippen MR) is 88.4 cm³/mol. The van der Waals surface area contributed by atoms with Crippen molar-refractivity contribution in [2.24, 2.45) is 5.14 Å². The molecule has 3 rings (SSSR count). The molecule has 1 saturated heterocycles. The van der Waals surface area contributed by atoms with Crippen molar-refractivity contribution in [1.82, 2.24) is 26.9 Å². The number of anilines is 1. The molecule has 122 valence electrons. The Hall–Kier alpha value is -1.60. The van der Waals surface area contributed by atoms with Crippen molar-refractivity contribution in [2.75, 3.05) is 5.73 Å². The van der Waals surface area contributed by atoms with E-state index in [0.29, 0.717) is 27.0 Å². The van der Waals surface area contributed by atoms with Gasteiger partial charge in [-0.15, -0.1) is 0 Å². The first kappa shape index (κ1) is 16.3. The van der Waals surface area contributed by atoms with E-state index in [1.807, 2.05) is 0 Å². The standard InChI is InChI=1S/C12H14BrN7O2S/c13-8-3-2-7(6-1-4-9(14)16-5-6)10(11(8)23(15,21)22)12-17-19-20-18-12/h1-5,12,17-20H,(H2,14,16)(H2,15,21,22). The summed E-state index contributed by atoms with van der Waals surface area (Å²) >= 11 is 3.26. The van der Waals surface area contributed by atoms with Crippen molar-refractivity contribution in [2.45, 2.75) is 11.1 Å². The highest BCUT2D eigenvalue weighted by molar-refractivity contribution is 9.10. The van der Waals surface area contributed by atoms with Crippen molar-refractivity contribution in [1.29, 1.82) is 0 Å². The Morgan fingerprint density at radius 1 is 1.13 bits per heavy atom. The van der Waals surface area contributed by atoms with E-state index in [1.54, 1.807) is 30.5 Å². The molecule has 0 aliphatic carbocycles. The molecule has 0 amide bonds. The van der Waals surface area contributed by atoms with Gasteiger partial charge in [0.1, 0.15) is 16.9 Å². The summed E-state index contributed by atoms with van der Waals surface area (Å²) in [5.74, 6) is 0.375. The molecular formula is C12H14BrN7O2S. The van der Waals surface area contributed by atoms with E-state index in [2.05, 4.69) is 42.8 Å². The molecule has 0 bridgehead atoms. The van der Waals surface area contributed by atoms with Crippen LogP contribution in [0.4, 0.5) is 5.82 Å². The van der Waals surface area contributed by atoms with Crippen LogP contribution in [0, 0.1) is 0 Å². The first-order valence-electron chi connectivity index (χ1n) is 6.46. The molecule has 2 heterocycles. The van der Waals surface area contributed by atoms with Crippen LogP contribution in [0.2, 0.25) is 0 Å². The fraction of sp³-hybridized carbons (Fsp3) is 0.0833. The van der Waals surface area contributed by atoms with Gasteiger partial charge in [-0.2, -0.15) is 11.1 Å². The van der Waals surface area contributed by atoms with E-state index in [4.69, 9.17) is 10.9 Å². The van der Waals surface area contributed by atoms with Crippen molar-refractivity contribution < 1.29 is 8.42 Å². The van der Waals surface area contributed by atoms with Crippen LogP contribution >= 0.6 is 15.9 Å². The van der Waals surface area contributed by atoms with E-state index >= 15 is 0 Å². The van der Waals surface area contributed by atoms with Crippen molar-refractivity contribution >= 4 is 31.8 Å². The number of benzene rings is 1. The van der Waals surface area contributed by atoms with Gasteiger partial charge in [0.25, 0.3) is 0 Å². The number of halogens is 1. The van der Waals surface area contributed by atoms with Gasteiger partial charge in [-0.05, 0) is 39.7 Å². The second-order valence-corrected chi connectivity index (χ2v) is 7.18. The van der Waals surface area contributed by atoms with Crippen LogP contribution in [-0.4, -0.2) is 13.4 Å². The van der Waals surface area contributed by atoms with Gasteiger partial charge < -0.3 is 5.73 Å². The summed E-state index contributed by atoms with van der Waals surface area (Å²) in [7, 11) is -3.97. The fourth-order valence-corrected chi connectivity index (χ4v) is 4.26. The van der Waals surface area contributed by atoms with Gasteiger partial charge in [0, 0.05) is 21.8 Å². The number of primary sulfonamides is 1. The molecule has 1 aromatic carbocycles. The van der Waals surface area contributed by atoms with Crippen LogP contribution in [0.15, 0.2) is 39.8 Å². The second-order valence-electron chi connectivity index (χ2n) is 4.83. The summed E-state index contributed by atoms with van der Waals surface area (Å²) < 4.78 is 24.5. The molecule has 0 spiro atoms. The van der Waals surface area contributed by atoms with E-state index < -0.39 is 16.2 Å². The maximum atomic E-state index is 12.1. The highest BCUT2D eigenvalue weighted by atomic mass is 79.9. The number of sulfonamides is 1. The Kier molecular flexibility index (Phi) is 4.33. The molecular weight excluding hydrogens is 386 g/mol. The van der Waals surface area contributed by atoms with E-state index in [9.17, 15) is 8.42 Å². The molecule has 0 saturated carbocycles. The van der Waals surface area contributed by atoms with E-state index in [0.717, 1.165) is 0 Å². The Bertz CT molecular complexity index is 835. The Balaban J connectivity index is 2.29. The van der Waals surface area contributed by atoms with Gasteiger partial charge >= 0.3 is 0 Å². The Morgan fingerprint density at radius 2 is 1.83 bits per heavy atom. The number of hydrogen-bond acceptors (Lipinski definition) is 8. The molecule has 1 aliphatic rings. The molecule has 1 aromatic heterocycles. The van der Waals surface area contributed by atoms with Crippen LogP contribution in [0.3, 0.4) is 0 Å². The van der Waals surface area contributed by atoms with E-state index in [1.165, 1.54) is 0 Å². The van der Waals surface area contributed by atoms with Crippen LogP contribution in [-0.2, 0) is 10.0 Å². The molecule has 23 heavy (non-hydrogen) atoms. The van der Waals surface area contributed by atoms with Crippen molar-refractivity contribution in [3.8, 4) is 11.1 Å². The summed E-state index contributed by atoms with van der Waals surface area (Å²) in [6, 6.07) is 6.81. The SMILES string of the molecule is Nc1ccc(-c2ccc(Br)c(S(N)(=O)=O)c2C2NNNN2)cn1. The molecule has 1 aliphatic heterocycles. The van der Waals surface area contributed by atoms with Crippen LogP contribution in [0.1, 0.15) is 11.7 Å². The third kappa shape index (κ3) is 3.21. The summed E-state index contributed by atoms with van der Waals surface area (Å²) in [5, 5.41) is 5.41. The average Bonchev–Trinajstić information content (AvgIpc) is 3.00.